The van der Waals surface area contributed by atoms with Gasteiger partial charge in [-0.2, -0.15) is 0 Å². The van der Waals surface area contributed by atoms with E-state index in [-0.39, 0.29) is 5.41 Å². The van der Waals surface area contributed by atoms with Gasteiger partial charge in [-0.15, -0.1) is 11.8 Å². The molecule has 0 aromatic carbocycles. The second-order valence-corrected chi connectivity index (χ2v) is 17.5. The van der Waals surface area contributed by atoms with Crippen molar-refractivity contribution < 1.29 is 0 Å². The first-order valence-electron chi connectivity index (χ1n) is 20.5. The van der Waals surface area contributed by atoms with E-state index in [1.807, 2.05) is 0 Å². The maximum atomic E-state index is 4.90. The average molecular weight is 625 g/mol. The van der Waals surface area contributed by atoms with E-state index in [0.29, 0.717) is 5.41 Å². The molecule has 0 saturated heterocycles. The van der Waals surface area contributed by atoms with Gasteiger partial charge in [0.1, 0.15) is 0 Å². The predicted molar refractivity (Wildman–Crippen MR) is 201 cm³/mol. The Balaban J connectivity index is 0.000000400. The minimum absolute atomic E-state index is 0.250. The van der Waals surface area contributed by atoms with E-state index in [4.69, 9.17) is 6.58 Å². The predicted octanol–water partition coefficient (Wildman–Crippen LogP) is 14.0. The first kappa shape index (κ1) is 35.8. The van der Waals surface area contributed by atoms with E-state index in [1.165, 1.54) is 140 Å². The van der Waals surface area contributed by atoms with E-state index in [0.717, 1.165) is 54.3 Å². The molecule has 8 atom stereocenters. The smallest absolute Gasteiger partial charge is 0.0103 e. The van der Waals surface area contributed by atoms with Gasteiger partial charge in [-0.1, -0.05) is 160 Å². The largest absolute Gasteiger partial charge is 0.103 e. The van der Waals surface area contributed by atoms with E-state index in [9.17, 15) is 0 Å². The third-order valence-corrected chi connectivity index (χ3v) is 14.2. The van der Waals surface area contributed by atoms with E-state index in [1.54, 1.807) is 11.1 Å². The molecule has 0 radical (unpaired) electrons. The van der Waals surface area contributed by atoms with Crippen LogP contribution in [0.4, 0.5) is 0 Å². The van der Waals surface area contributed by atoms with Crippen LogP contribution in [0.25, 0.3) is 0 Å². The van der Waals surface area contributed by atoms with Crippen molar-refractivity contribution in [2.75, 3.05) is 0 Å². The fourth-order valence-corrected chi connectivity index (χ4v) is 12.2. The van der Waals surface area contributed by atoms with Gasteiger partial charge in [0.05, 0.1) is 0 Å². The van der Waals surface area contributed by atoms with E-state index >= 15 is 0 Å². The molecule has 6 aliphatic carbocycles. The minimum atomic E-state index is 0.250. The van der Waals surface area contributed by atoms with Gasteiger partial charge >= 0.3 is 0 Å². The van der Waals surface area contributed by atoms with Gasteiger partial charge in [-0.25, -0.2) is 0 Å². The molecule has 0 amide bonds. The Kier molecular flexibility index (Phi) is 13.0. The van der Waals surface area contributed by atoms with E-state index in [2.05, 4.69) is 64.3 Å². The van der Waals surface area contributed by atoms with Crippen LogP contribution in [0, 0.1) is 64.1 Å². The summed E-state index contributed by atoms with van der Waals surface area (Å²) in [5.41, 5.74) is 5.28. The highest BCUT2D eigenvalue weighted by Crippen LogP contribution is 2.70. The zero-order valence-corrected chi connectivity index (χ0v) is 31.0. The highest BCUT2D eigenvalue weighted by atomic mass is 14.7. The molecule has 0 nitrogen and oxygen atoms in total. The number of hydrogen-bond acceptors (Lipinski definition) is 0. The van der Waals surface area contributed by atoms with Crippen LogP contribution in [-0.4, -0.2) is 0 Å². The van der Waals surface area contributed by atoms with Crippen LogP contribution < -0.4 is 0 Å². The molecular formula is C46H72. The summed E-state index contributed by atoms with van der Waals surface area (Å²) in [7, 11) is 0. The molecule has 0 heterocycles. The molecule has 0 bridgehead atoms. The topological polar surface area (TPSA) is 0 Å². The second-order valence-electron chi connectivity index (χ2n) is 17.5. The summed E-state index contributed by atoms with van der Waals surface area (Å²) in [6.07, 6.45) is 39.3. The number of unbranched alkanes of at least 4 members (excludes halogenated alkanes) is 4. The molecule has 0 aromatic rings. The molecule has 0 aliphatic heterocycles. The molecule has 256 valence electrons. The van der Waals surface area contributed by atoms with Gasteiger partial charge in [0.25, 0.3) is 0 Å². The maximum Gasteiger partial charge on any atom is 0.0103 e. The van der Waals surface area contributed by atoms with Crippen LogP contribution in [0.5, 0.6) is 0 Å². The van der Waals surface area contributed by atoms with Crippen molar-refractivity contribution in [2.24, 2.45) is 52.3 Å². The van der Waals surface area contributed by atoms with Crippen molar-refractivity contribution in [2.45, 2.75) is 175 Å². The lowest BCUT2D eigenvalue weighted by atomic mass is 9.44. The summed E-state index contributed by atoms with van der Waals surface area (Å²) in [5, 5.41) is 0. The molecule has 0 aromatic heterocycles. The number of allylic oxidation sites excluding steroid dienone is 6. The van der Waals surface area contributed by atoms with Crippen molar-refractivity contribution in [1.82, 2.24) is 0 Å². The molecule has 6 aliphatic rings. The first-order chi connectivity index (χ1) is 22.3. The molecule has 46 heavy (non-hydrogen) atoms. The Morgan fingerprint density at radius 3 is 2.28 bits per heavy atom. The quantitative estimate of drug-likeness (QED) is 0.136. The van der Waals surface area contributed by atoms with Crippen LogP contribution in [0.3, 0.4) is 0 Å². The summed E-state index contributed by atoms with van der Waals surface area (Å²) in [6, 6.07) is 0. The Morgan fingerprint density at radius 1 is 0.891 bits per heavy atom. The monoisotopic (exact) mass is 625 g/mol. The van der Waals surface area contributed by atoms with E-state index < -0.39 is 0 Å². The molecule has 6 rings (SSSR count). The van der Waals surface area contributed by atoms with Crippen LogP contribution >= 0.6 is 0 Å². The zero-order valence-electron chi connectivity index (χ0n) is 31.0. The fourth-order valence-electron chi connectivity index (χ4n) is 12.2. The molecule has 0 N–H and O–H groups in total. The number of fused-ring (bicyclic) bond motifs is 5. The van der Waals surface area contributed by atoms with Crippen molar-refractivity contribution in [3.05, 3.63) is 48.1 Å². The third kappa shape index (κ3) is 8.20. The van der Waals surface area contributed by atoms with Crippen molar-refractivity contribution in [3.63, 3.8) is 0 Å². The lowest BCUT2D eigenvalue weighted by Gasteiger charge is -2.60. The van der Waals surface area contributed by atoms with Gasteiger partial charge in [-0.05, 0) is 97.4 Å². The average Bonchev–Trinajstić information content (AvgIpc) is 3.40. The van der Waals surface area contributed by atoms with Gasteiger partial charge < -0.3 is 0 Å². The summed E-state index contributed by atoms with van der Waals surface area (Å²) < 4.78 is 0. The lowest BCUT2D eigenvalue weighted by molar-refractivity contribution is -0.0738. The highest BCUT2D eigenvalue weighted by molar-refractivity contribution is 5.43. The standard InChI is InChI=1S/C37H58.C9H14/c1-7-8-9-10-14-17-30-25-37(6)33(24-28(4)34(37)27(3)23-29-15-12-11-13-16-29)32-19-18-31-22-26(2)20-21-36(31,5)35(30)32;1-2-4-6-8-9-7-5-3-1/h20-22,28-30,32-35H,2-3,7-19,23-25H2,1,4-6H3;1-7H2/t28-,30?,32?,33?,34?,35?,36?,37?;/m1./s1. The lowest BCUT2D eigenvalue weighted by Crippen LogP contribution is -2.53. The first-order valence-corrected chi connectivity index (χ1v) is 20.5. The molecule has 4 saturated carbocycles. The summed E-state index contributed by atoms with van der Waals surface area (Å²) >= 11 is 0. The number of hydrogen-bond donors (Lipinski definition) is 0. The van der Waals surface area contributed by atoms with Crippen molar-refractivity contribution in [3.8, 4) is 11.8 Å². The Hall–Kier alpha value is -1.48. The van der Waals surface area contributed by atoms with Crippen LogP contribution in [0.1, 0.15) is 175 Å². The highest BCUT2D eigenvalue weighted by Gasteiger charge is 2.63. The maximum absolute atomic E-state index is 4.90. The van der Waals surface area contributed by atoms with Crippen LogP contribution in [0.2, 0.25) is 0 Å². The van der Waals surface area contributed by atoms with Gasteiger partial charge in [0.15, 0.2) is 0 Å². The molecule has 0 heteroatoms. The number of rotatable bonds is 9. The molecule has 7 unspecified atom stereocenters. The normalized spacial score (nSPS) is 37.5. The summed E-state index contributed by atoms with van der Waals surface area (Å²) in [4.78, 5) is 0. The fraction of sp³-hybridized carbons (Fsp3) is 0.783. The zero-order chi connectivity index (χ0) is 32.6. The minimum Gasteiger partial charge on any atom is -0.103 e. The Bertz CT molecular complexity index is 1120. The summed E-state index contributed by atoms with van der Waals surface area (Å²) in [5.74, 6) is 12.3. The third-order valence-electron chi connectivity index (χ3n) is 14.2. The molecule has 0 spiro atoms. The second kappa shape index (κ2) is 16.8. The van der Waals surface area contributed by atoms with Crippen molar-refractivity contribution in [1.29, 1.82) is 0 Å². The summed E-state index contributed by atoms with van der Waals surface area (Å²) in [6.45, 7) is 19.5. The van der Waals surface area contributed by atoms with Gasteiger partial charge in [-0.3, -0.25) is 0 Å². The SMILES string of the molecule is C1#CCCCCCCC1.C=C1C=CC2(C)C(=C1)CCC1C2C(CCCCCCC)CC2(C)C1C[C@@H](C)C2C(=C)CC1CCCCC1. The van der Waals surface area contributed by atoms with Crippen molar-refractivity contribution >= 4 is 0 Å². The Labute approximate surface area is 286 Å². The van der Waals surface area contributed by atoms with Gasteiger partial charge in [0.2, 0.25) is 0 Å². The van der Waals surface area contributed by atoms with Crippen LogP contribution in [0.15, 0.2) is 48.1 Å². The van der Waals surface area contributed by atoms with Crippen LogP contribution in [-0.2, 0) is 0 Å². The molecular weight excluding hydrogens is 553 g/mol. The van der Waals surface area contributed by atoms with Gasteiger partial charge in [0, 0.05) is 18.3 Å². The molecule has 4 fully saturated rings. The Morgan fingerprint density at radius 2 is 1.57 bits per heavy atom.